The SMILES string of the molecule is COC(=O)N[C@H](C(=O)N1[C@@H]2C[C@@H]2C[C@H]1c1nc2cc(-c3cc4ccc3CCc3ccc(c(-c5ccc6[nH]c([C@@H]7C[C@H]8C[C@H]8N7C(=O)[C@@H](NC(=O)OC)[C@@H](C)OC)nc6c5)c3)CC4)ccc2[nH]1)[C@@H](C)OC. The number of carbonyl (C=O) groups excluding carboxylic acids is 4. The van der Waals surface area contributed by atoms with Gasteiger partial charge < -0.3 is 49.3 Å². The van der Waals surface area contributed by atoms with Crippen molar-refractivity contribution in [1.29, 1.82) is 0 Å². The van der Waals surface area contributed by atoms with Crippen LogP contribution < -0.4 is 10.6 Å². The normalized spacial score (nSPS) is 23.7. The summed E-state index contributed by atoms with van der Waals surface area (Å²) >= 11 is 0. The summed E-state index contributed by atoms with van der Waals surface area (Å²) in [6.07, 6.45) is 4.44. The zero-order valence-corrected chi connectivity index (χ0v) is 40.4. The van der Waals surface area contributed by atoms with E-state index in [-0.39, 0.29) is 36.0 Å². The maximum absolute atomic E-state index is 14.1. The van der Waals surface area contributed by atoms with Crippen LogP contribution in [0, 0.1) is 11.8 Å². The van der Waals surface area contributed by atoms with E-state index in [1.807, 2.05) is 9.80 Å². The van der Waals surface area contributed by atoms with E-state index in [9.17, 15) is 19.2 Å². The molecule has 2 saturated carbocycles. The molecule has 0 unspecified atom stereocenters. The van der Waals surface area contributed by atoms with E-state index in [1.54, 1.807) is 13.8 Å². The molecule has 16 heteroatoms. The molecule has 2 saturated heterocycles. The van der Waals surface area contributed by atoms with Gasteiger partial charge in [0.05, 0.1) is 60.6 Å². The highest BCUT2D eigenvalue weighted by atomic mass is 16.5. The molecule has 6 aliphatic carbocycles. The molecule has 16 nitrogen and oxygen atoms in total. The van der Waals surface area contributed by atoms with Gasteiger partial charge in [-0.25, -0.2) is 19.6 Å². The van der Waals surface area contributed by atoms with Gasteiger partial charge in [0.2, 0.25) is 11.8 Å². The van der Waals surface area contributed by atoms with Gasteiger partial charge in [-0.1, -0.05) is 48.5 Å². The molecule has 4 heterocycles. The molecule has 364 valence electrons. The molecule has 70 heavy (non-hydrogen) atoms. The number of amides is 4. The Labute approximate surface area is 406 Å². The van der Waals surface area contributed by atoms with Crippen LogP contribution in [0.5, 0.6) is 0 Å². The third-order valence-electron chi connectivity index (χ3n) is 15.8. The topological polar surface area (TPSA) is 193 Å². The molecule has 2 aliphatic heterocycles. The summed E-state index contributed by atoms with van der Waals surface area (Å²) in [5.41, 5.74) is 13.1. The van der Waals surface area contributed by atoms with E-state index in [0.29, 0.717) is 11.8 Å². The van der Waals surface area contributed by atoms with E-state index in [2.05, 4.69) is 93.4 Å². The molecule has 4 amide bonds. The second kappa shape index (κ2) is 18.2. The summed E-state index contributed by atoms with van der Waals surface area (Å²) in [7, 11) is 5.62. The van der Waals surface area contributed by atoms with Crippen molar-refractivity contribution < 1.29 is 38.1 Å². The lowest BCUT2D eigenvalue weighted by atomic mass is 9.87. The molecule has 2 aromatic heterocycles. The highest BCUT2D eigenvalue weighted by Gasteiger charge is 2.58. The Hall–Kier alpha value is -6.78. The fourth-order valence-corrected chi connectivity index (χ4v) is 11.6. The molecule has 4 N–H and O–H groups in total. The van der Waals surface area contributed by atoms with Gasteiger partial charge in [0.25, 0.3) is 0 Å². The number of hydrogen-bond acceptors (Lipinski definition) is 10. The number of fused-ring (bicyclic) bond motifs is 4. The number of methoxy groups -OCH3 is 4. The Morgan fingerprint density at radius 1 is 0.571 bits per heavy atom. The van der Waals surface area contributed by atoms with E-state index >= 15 is 0 Å². The first-order chi connectivity index (χ1) is 33.9. The number of likely N-dealkylation sites (tertiary alicyclic amines) is 2. The Morgan fingerprint density at radius 3 is 1.40 bits per heavy atom. The fourth-order valence-electron chi connectivity index (χ4n) is 11.6. The summed E-state index contributed by atoms with van der Waals surface area (Å²) in [5, 5.41) is 5.41. The Morgan fingerprint density at radius 2 is 1.00 bits per heavy atom. The number of alkyl carbamates (subject to hydrolysis) is 2. The van der Waals surface area contributed by atoms with Crippen molar-refractivity contribution in [2.45, 2.75) is 114 Å². The molecule has 8 aliphatic rings. The fraction of sp³-hybridized carbons (Fsp3) is 0.444. The monoisotopic (exact) mass is 948 g/mol. The molecule has 0 spiro atoms. The molecule has 4 aromatic carbocycles. The number of benzene rings is 4. The van der Waals surface area contributed by atoms with Gasteiger partial charge in [-0.05, 0) is 146 Å². The first-order valence-electron chi connectivity index (χ1n) is 24.6. The van der Waals surface area contributed by atoms with Gasteiger partial charge >= 0.3 is 12.2 Å². The number of aromatic nitrogens is 4. The minimum atomic E-state index is -0.892. The van der Waals surface area contributed by atoms with Crippen LogP contribution in [0.25, 0.3) is 44.3 Å². The maximum atomic E-state index is 14.1. The molecular weight excluding hydrogens is 889 g/mol. The van der Waals surface area contributed by atoms with Crippen molar-refractivity contribution >= 4 is 46.1 Å². The molecule has 4 bridgehead atoms. The first-order valence-corrected chi connectivity index (χ1v) is 24.6. The number of nitrogens with one attached hydrogen (secondary N) is 4. The molecular formula is C54H60N8O8. The van der Waals surface area contributed by atoms with Gasteiger partial charge in [0, 0.05) is 26.3 Å². The van der Waals surface area contributed by atoms with Gasteiger partial charge in [0.15, 0.2) is 0 Å². The van der Waals surface area contributed by atoms with E-state index in [1.165, 1.54) is 61.8 Å². The van der Waals surface area contributed by atoms with Gasteiger partial charge in [-0.15, -0.1) is 0 Å². The van der Waals surface area contributed by atoms with Gasteiger partial charge in [0.1, 0.15) is 23.7 Å². The smallest absolute Gasteiger partial charge is 0.407 e. The standard InChI is InChI=1S/C54H60N8O8/c1-27(67-3)47(59-53(65)69-5)51(63)61-43-23-35(43)25-45(61)49-55-39-17-15-33(21-41(39)57-49)37-19-29-7-11-31(37)13-9-30-8-12-32(14-10-29)38(20-30)34-16-18-40-42(22-34)58-50(56-40)46-26-36-24-44(36)62(46)52(64)48(28(2)68-4)60-54(66)70-6/h7-8,11-12,15-22,27-28,35-36,43-48H,9-10,13-14,23-26H2,1-6H3,(H,55,57)(H,56,58)(H,59,65)(H,60,66)/t27-,28-,35-,36-,43-,44-,45+,46+,47+,48+/m1/s1. The lowest BCUT2D eigenvalue weighted by molar-refractivity contribution is -0.139. The molecule has 4 fully saturated rings. The van der Waals surface area contributed by atoms with Crippen LogP contribution in [0.15, 0.2) is 72.8 Å². The Balaban J connectivity index is 0.830. The van der Waals surface area contributed by atoms with Crippen molar-refractivity contribution in [3.05, 3.63) is 107 Å². The summed E-state index contributed by atoms with van der Waals surface area (Å²) in [6, 6.07) is 24.6. The number of H-pyrrole nitrogens is 2. The second-order valence-electron chi connectivity index (χ2n) is 19.9. The van der Waals surface area contributed by atoms with Crippen LogP contribution in [0.1, 0.15) is 85.5 Å². The largest absolute Gasteiger partial charge is 0.453 e. The molecule has 6 aromatic rings. The maximum Gasteiger partial charge on any atom is 0.407 e. The summed E-state index contributed by atoms with van der Waals surface area (Å²) in [5.74, 6) is 1.90. The highest BCUT2D eigenvalue weighted by Crippen LogP contribution is 2.55. The van der Waals surface area contributed by atoms with Crippen molar-refractivity contribution in [3.63, 3.8) is 0 Å². The van der Waals surface area contributed by atoms with Crippen molar-refractivity contribution in [2.75, 3.05) is 28.4 Å². The summed E-state index contributed by atoms with van der Waals surface area (Å²) in [6.45, 7) is 3.54. The Bertz CT molecular complexity index is 2840. The third-order valence-corrected chi connectivity index (χ3v) is 15.8. The van der Waals surface area contributed by atoms with Crippen LogP contribution >= 0.6 is 0 Å². The lowest BCUT2D eigenvalue weighted by Crippen LogP contribution is -2.54. The Kier molecular flexibility index (Phi) is 11.9. The highest BCUT2D eigenvalue weighted by molar-refractivity contribution is 5.89. The minimum absolute atomic E-state index is 0.105. The van der Waals surface area contributed by atoms with Crippen LogP contribution in [0.2, 0.25) is 0 Å². The lowest BCUT2D eigenvalue weighted by Gasteiger charge is -2.32. The number of nitrogens with zero attached hydrogens (tertiary/aromatic N) is 4. The van der Waals surface area contributed by atoms with Gasteiger partial charge in [-0.2, -0.15) is 0 Å². The first kappa shape index (κ1) is 45.7. The van der Waals surface area contributed by atoms with Crippen LogP contribution in [-0.4, -0.2) is 119 Å². The number of piperidine rings is 2. The van der Waals surface area contributed by atoms with Crippen molar-refractivity contribution in [3.8, 4) is 22.3 Å². The van der Waals surface area contributed by atoms with Crippen molar-refractivity contribution in [2.24, 2.45) is 11.8 Å². The van der Waals surface area contributed by atoms with Crippen LogP contribution in [0.4, 0.5) is 9.59 Å². The quantitative estimate of drug-likeness (QED) is 0.0955. The number of imidazole rings is 2. The minimum Gasteiger partial charge on any atom is -0.453 e. The number of carbonyl (C=O) groups is 4. The van der Waals surface area contributed by atoms with E-state index < -0.39 is 36.5 Å². The zero-order valence-electron chi connectivity index (χ0n) is 40.4. The second-order valence-corrected chi connectivity index (χ2v) is 19.9. The summed E-state index contributed by atoms with van der Waals surface area (Å²) < 4.78 is 20.7. The predicted octanol–water partition coefficient (Wildman–Crippen LogP) is 7.50. The average Bonchev–Trinajstić information content (AvgIpc) is 4.04. The average molecular weight is 949 g/mol. The molecule has 0 radical (unpaired) electrons. The van der Waals surface area contributed by atoms with Crippen LogP contribution in [-0.2, 0) is 54.2 Å². The molecule has 14 rings (SSSR count). The van der Waals surface area contributed by atoms with E-state index in [0.717, 1.165) is 96.2 Å². The number of aromatic amines is 2. The number of aryl methyl sites for hydroxylation is 4. The van der Waals surface area contributed by atoms with Crippen molar-refractivity contribution in [1.82, 2.24) is 40.4 Å². The zero-order chi connectivity index (χ0) is 48.5. The molecule has 10 atom stereocenters. The number of hydrogen-bond donors (Lipinski definition) is 4. The third kappa shape index (κ3) is 8.33. The predicted molar refractivity (Wildman–Crippen MR) is 262 cm³/mol. The number of rotatable bonds is 12. The van der Waals surface area contributed by atoms with Gasteiger partial charge in [-0.3, -0.25) is 9.59 Å². The summed E-state index contributed by atoms with van der Waals surface area (Å²) in [4.78, 5) is 74.0. The van der Waals surface area contributed by atoms with Crippen LogP contribution in [0.3, 0.4) is 0 Å². The number of ether oxygens (including phenoxy) is 4. The van der Waals surface area contributed by atoms with E-state index in [4.69, 9.17) is 28.9 Å².